The monoisotopic (exact) mass is 204 g/mol. The minimum atomic E-state index is -0.300. The quantitative estimate of drug-likeness (QED) is 0.790. The lowest BCUT2D eigenvalue weighted by Gasteiger charge is -2.16. The Kier molecular flexibility index (Phi) is 4.14. The maximum Gasteiger partial charge on any atom is 0.0991 e. The number of hydrogen-bond acceptors (Lipinski definition) is 3. The molecule has 3 nitrogen and oxygen atoms in total. The highest BCUT2D eigenvalue weighted by Gasteiger charge is 2.05. The molecule has 0 saturated heterocycles. The van der Waals surface area contributed by atoms with Crippen molar-refractivity contribution in [1.29, 1.82) is 5.26 Å². The molecule has 0 fully saturated rings. The molecular weight excluding hydrogens is 188 g/mol. The number of hydrogen-bond donors (Lipinski definition) is 2. The first-order valence-electron chi connectivity index (χ1n) is 5.06. The van der Waals surface area contributed by atoms with Crippen molar-refractivity contribution in [3.8, 4) is 6.07 Å². The fourth-order valence-electron chi connectivity index (χ4n) is 1.50. The van der Waals surface area contributed by atoms with Gasteiger partial charge in [-0.2, -0.15) is 5.26 Å². The number of nitrogens with zero attached hydrogens (tertiary/aromatic N) is 1. The van der Waals surface area contributed by atoms with E-state index in [1.807, 2.05) is 19.1 Å². The molecule has 0 heterocycles. The van der Waals surface area contributed by atoms with E-state index in [0.717, 1.165) is 5.69 Å². The molecule has 3 heteroatoms. The zero-order valence-electron chi connectivity index (χ0n) is 9.07. The fourth-order valence-corrected chi connectivity index (χ4v) is 1.50. The number of aliphatic hydroxyl groups excluding tert-OH is 1. The molecule has 0 saturated carbocycles. The van der Waals surface area contributed by atoms with Crippen LogP contribution in [-0.2, 0) is 0 Å². The Hall–Kier alpha value is -1.53. The van der Waals surface area contributed by atoms with Crippen LogP contribution in [0.3, 0.4) is 0 Å². The van der Waals surface area contributed by atoms with Gasteiger partial charge in [-0.05, 0) is 44.5 Å². The van der Waals surface area contributed by atoms with Crippen LogP contribution < -0.4 is 5.32 Å². The zero-order chi connectivity index (χ0) is 11.3. The van der Waals surface area contributed by atoms with E-state index in [1.165, 1.54) is 0 Å². The van der Waals surface area contributed by atoms with Crippen LogP contribution in [0.25, 0.3) is 0 Å². The van der Waals surface area contributed by atoms with Crippen molar-refractivity contribution in [2.24, 2.45) is 0 Å². The topological polar surface area (TPSA) is 56.0 Å². The average Bonchev–Trinajstić information content (AvgIpc) is 2.17. The molecule has 0 bridgehead atoms. The minimum Gasteiger partial charge on any atom is -0.393 e. The van der Waals surface area contributed by atoms with E-state index in [9.17, 15) is 5.11 Å². The van der Waals surface area contributed by atoms with Crippen LogP contribution in [0.4, 0.5) is 5.69 Å². The lowest BCUT2D eigenvalue weighted by molar-refractivity contribution is 0.179. The van der Waals surface area contributed by atoms with E-state index < -0.39 is 0 Å². The highest BCUT2D eigenvalue weighted by Crippen LogP contribution is 2.11. The van der Waals surface area contributed by atoms with Crippen molar-refractivity contribution in [3.05, 3.63) is 29.8 Å². The molecule has 1 rings (SSSR count). The van der Waals surface area contributed by atoms with E-state index in [4.69, 9.17) is 5.26 Å². The van der Waals surface area contributed by atoms with Crippen LogP contribution >= 0.6 is 0 Å². The van der Waals surface area contributed by atoms with E-state index in [1.54, 1.807) is 19.1 Å². The molecule has 15 heavy (non-hydrogen) atoms. The molecule has 0 aliphatic rings. The molecule has 1 aromatic carbocycles. The number of benzene rings is 1. The fraction of sp³-hybridized carbons (Fsp3) is 0.417. The van der Waals surface area contributed by atoms with Crippen molar-refractivity contribution in [3.63, 3.8) is 0 Å². The zero-order valence-corrected chi connectivity index (χ0v) is 9.07. The van der Waals surface area contributed by atoms with Crippen molar-refractivity contribution in [1.82, 2.24) is 0 Å². The summed E-state index contributed by atoms with van der Waals surface area (Å²) in [7, 11) is 0. The molecule has 1 aromatic rings. The van der Waals surface area contributed by atoms with Gasteiger partial charge in [0.1, 0.15) is 0 Å². The van der Waals surface area contributed by atoms with Gasteiger partial charge >= 0.3 is 0 Å². The van der Waals surface area contributed by atoms with Gasteiger partial charge in [0, 0.05) is 11.7 Å². The molecule has 0 aromatic heterocycles. The van der Waals surface area contributed by atoms with Gasteiger partial charge in [0.05, 0.1) is 17.7 Å². The highest BCUT2D eigenvalue weighted by molar-refractivity contribution is 5.47. The Bertz CT molecular complexity index is 338. The molecule has 80 valence electrons. The summed E-state index contributed by atoms with van der Waals surface area (Å²) in [4.78, 5) is 0. The number of aliphatic hydroxyl groups is 1. The standard InChI is InChI=1S/C12H16N2O/c1-9(7-10(2)15)14-12-5-3-11(8-13)4-6-12/h3-6,9-10,14-15H,7H2,1-2H3. The minimum absolute atomic E-state index is 0.220. The molecule has 2 N–H and O–H groups in total. The van der Waals surface area contributed by atoms with Crippen molar-refractivity contribution >= 4 is 5.69 Å². The lowest BCUT2D eigenvalue weighted by atomic mass is 10.1. The van der Waals surface area contributed by atoms with E-state index >= 15 is 0 Å². The Labute approximate surface area is 90.4 Å². The molecular formula is C12H16N2O. The first kappa shape index (κ1) is 11.5. The molecule has 0 amide bonds. The lowest BCUT2D eigenvalue weighted by Crippen LogP contribution is -2.20. The van der Waals surface area contributed by atoms with Crippen LogP contribution in [0.5, 0.6) is 0 Å². The molecule has 2 atom stereocenters. The van der Waals surface area contributed by atoms with Gasteiger partial charge in [0.2, 0.25) is 0 Å². The Morgan fingerprint density at radius 2 is 1.93 bits per heavy atom. The maximum atomic E-state index is 9.20. The van der Waals surface area contributed by atoms with Crippen LogP contribution in [0.15, 0.2) is 24.3 Å². The number of nitriles is 1. The van der Waals surface area contributed by atoms with E-state index in [2.05, 4.69) is 11.4 Å². The van der Waals surface area contributed by atoms with Gasteiger partial charge < -0.3 is 10.4 Å². The summed E-state index contributed by atoms with van der Waals surface area (Å²) in [6.07, 6.45) is 0.408. The van der Waals surface area contributed by atoms with Crippen molar-refractivity contribution < 1.29 is 5.11 Å². The highest BCUT2D eigenvalue weighted by atomic mass is 16.3. The molecule has 0 radical (unpaired) electrons. The van der Waals surface area contributed by atoms with Crippen molar-refractivity contribution in [2.75, 3.05) is 5.32 Å². The predicted molar refractivity (Wildman–Crippen MR) is 60.5 cm³/mol. The smallest absolute Gasteiger partial charge is 0.0991 e. The average molecular weight is 204 g/mol. The number of anilines is 1. The molecule has 0 aliphatic carbocycles. The first-order chi connectivity index (χ1) is 7.11. The van der Waals surface area contributed by atoms with Gasteiger partial charge in [0.25, 0.3) is 0 Å². The largest absolute Gasteiger partial charge is 0.393 e. The Morgan fingerprint density at radius 3 is 2.40 bits per heavy atom. The number of nitrogens with one attached hydrogen (secondary N) is 1. The second kappa shape index (κ2) is 5.38. The third kappa shape index (κ3) is 4.01. The second-order valence-corrected chi connectivity index (χ2v) is 3.82. The molecule has 2 unspecified atom stereocenters. The third-order valence-electron chi connectivity index (χ3n) is 2.12. The molecule has 0 spiro atoms. The molecule has 0 aliphatic heterocycles. The van der Waals surface area contributed by atoms with Crippen molar-refractivity contribution in [2.45, 2.75) is 32.4 Å². The van der Waals surface area contributed by atoms with Crippen LogP contribution in [0.1, 0.15) is 25.8 Å². The van der Waals surface area contributed by atoms with Gasteiger partial charge in [-0.15, -0.1) is 0 Å². The predicted octanol–water partition coefficient (Wildman–Crippen LogP) is 2.13. The van der Waals surface area contributed by atoms with Crippen LogP contribution in [0.2, 0.25) is 0 Å². The van der Waals surface area contributed by atoms with Crippen LogP contribution in [-0.4, -0.2) is 17.3 Å². The van der Waals surface area contributed by atoms with Gasteiger partial charge in [-0.1, -0.05) is 0 Å². The van der Waals surface area contributed by atoms with E-state index in [-0.39, 0.29) is 12.1 Å². The summed E-state index contributed by atoms with van der Waals surface area (Å²) < 4.78 is 0. The summed E-state index contributed by atoms with van der Waals surface area (Å²) in [5.41, 5.74) is 1.63. The van der Waals surface area contributed by atoms with Gasteiger partial charge in [0.15, 0.2) is 0 Å². The summed E-state index contributed by atoms with van der Waals surface area (Å²) in [5.74, 6) is 0. The Morgan fingerprint density at radius 1 is 1.33 bits per heavy atom. The maximum absolute atomic E-state index is 9.20. The summed E-state index contributed by atoms with van der Waals surface area (Å²) in [6, 6.07) is 9.59. The summed E-state index contributed by atoms with van der Waals surface area (Å²) in [6.45, 7) is 3.79. The van der Waals surface area contributed by atoms with E-state index in [0.29, 0.717) is 12.0 Å². The third-order valence-corrected chi connectivity index (χ3v) is 2.12. The Balaban J connectivity index is 2.54. The van der Waals surface area contributed by atoms with Gasteiger partial charge in [-0.25, -0.2) is 0 Å². The number of rotatable bonds is 4. The first-order valence-corrected chi connectivity index (χ1v) is 5.06. The SMILES string of the molecule is CC(O)CC(C)Nc1ccc(C#N)cc1. The normalized spacial score (nSPS) is 14.0. The van der Waals surface area contributed by atoms with Crippen LogP contribution in [0, 0.1) is 11.3 Å². The summed E-state index contributed by atoms with van der Waals surface area (Å²) in [5, 5.41) is 21.1. The summed E-state index contributed by atoms with van der Waals surface area (Å²) >= 11 is 0. The second-order valence-electron chi connectivity index (χ2n) is 3.82. The van der Waals surface area contributed by atoms with Gasteiger partial charge in [-0.3, -0.25) is 0 Å².